The first-order valence-corrected chi connectivity index (χ1v) is 14.6. The molecule has 1 aliphatic rings. The number of anilines is 1. The summed E-state index contributed by atoms with van der Waals surface area (Å²) in [7, 11) is 0. The number of hydrogen-bond donors (Lipinski definition) is 1. The first kappa shape index (κ1) is 24.6. The van der Waals surface area contributed by atoms with Gasteiger partial charge in [-0.05, 0) is 133 Å². The van der Waals surface area contributed by atoms with E-state index in [0.29, 0.717) is 0 Å². The molecule has 7 aromatic rings. The minimum atomic E-state index is 0.843. The quantitative estimate of drug-likeness (QED) is 0.135. The molecule has 0 amide bonds. The second-order valence-electron chi connectivity index (χ2n) is 11.7. The van der Waals surface area contributed by atoms with E-state index in [2.05, 4.69) is 118 Å². The van der Waals surface area contributed by atoms with Crippen molar-refractivity contribution in [3.63, 3.8) is 0 Å². The van der Waals surface area contributed by atoms with Crippen molar-refractivity contribution in [3.8, 4) is 33.4 Å². The van der Waals surface area contributed by atoms with Crippen LogP contribution in [0.25, 0.3) is 82.5 Å². The number of hydrogen-bond acceptors (Lipinski definition) is 1. The summed E-state index contributed by atoms with van der Waals surface area (Å²) in [6, 6.07) is 33.9. The highest BCUT2D eigenvalue weighted by Gasteiger charge is 2.27. The van der Waals surface area contributed by atoms with Gasteiger partial charge in [0.2, 0.25) is 0 Å². The molecule has 0 radical (unpaired) electrons. The Labute approximate surface area is 246 Å². The van der Waals surface area contributed by atoms with Gasteiger partial charge in [0.1, 0.15) is 0 Å². The van der Waals surface area contributed by atoms with Gasteiger partial charge in [-0.1, -0.05) is 97.1 Å². The van der Waals surface area contributed by atoms with Gasteiger partial charge in [-0.15, -0.1) is 0 Å². The van der Waals surface area contributed by atoms with Crippen molar-refractivity contribution in [1.82, 2.24) is 0 Å². The summed E-state index contributed by atoms with van der Waals surface area (Å²) in [5.41, 5.74) is 20.0. The molecule has 1 aliphatic carbocycles. The average molecular weight is 538 g/mol. The molecule has 0 saturated heterocycles. The Morgan fingerprint density at radius 2 is 1.31 bits per heavy atom. The molecule has 0 heterocycles. The van der Waals surface area contributed by atoms with Crippen LogP contribution >= 0.6 is 0 Å². The van der Waals surface area contributed by atoms with Gasteiger partial charge in [-0.3, -0.25) is 0 Å². The van der Waals surface area contributed by atoms with E-state index in [1.54, 1.807) is 0 Å². The van der Waals surface area contributed by atoms with Crippen LogP contribution in [-0.2, 0) is 0 Å². The van der Waals surface area contributed by atoms with Gasteiger partial charge in [-0.25, -0.2) is 0 Å². The van der Waals surface area contributed by atoms with E-state index in [4.69, 9.17) is 5.73 Å². The molecular weight excluding hydrogens is 506 g/mol. The topological polar surface area (TPSA) is 26.0 Å². The zero-order valence-electron chi connectivity index (χ0n) is 24.2. The van der Waals surface area contributed by atoms with Crippen LogP contribution in [0.1, 0.15) is 22.3 Å². The molecule has 0 aliphatic heterocycles. The van der Waals surface area contributed by atoms with Crippen LogP contribution in [0.4, 0.5) is 5.69 Å². The lowest BCUT2D eigenvalue weighted by Crippen LogP contribution is -1.92. The van der Waals surface area contributed by atoms with Crippen LogP contribution < -0.4 is 5.73 Å². The van der Waals surface area contributed by atoms with E-state index in [9.17, 15) is 0 Å². The fraction of sp³-hybridized carbons (Fsp3) is 0.0732. The van der Waals surface area contributed by atoms with E-state index >= 15 is 0 Å². The first-order valence-electron chi connectivity index (χ1n) is 14.6. The highest BCUT2D eigenvalue weighted by Crippen LogP contribution is 2.54. The third-order valence-corrected chi connectivity index (χ3v) is 9.29. The van der Waals surface area contributed by atoms with Crippen LogP contribution in [-0.4, -0.2) is 0 Å². The average Bonchev–Trinajstić information content (AvgIpc) is 3.34. The second-order valence-corrected chi connectivity index (χ2v) is 11.7. The number of fused-ring (bicyclic) bond motifs is 8. The van der Waals surface area contributed by atoms with Gasteiger partial charge in [0.15, 0.2) is 0 Å². The smallest absolute Gasteiger partial charge is 0.0400 e. The molecule has 0 spiro atoms. The fourth-order valence-electron chi connectivity index (χ4n) is 7.31. The predicted octanol–water partition coefficient (Wildman–Crippen LogP) is 11.3. The number of aryl methyl sites for hydroxylation is 3. The minimum Gasteiger partial charge on any atom is -0.398 e. The largest absolute Gasteiger partial charge is 0.398 e. The monoisotopic (exact) mass is 537 g/mol. The third-order valence-electron chi connectivity index (χ3n) is 9.29. The molecule has 0 atom stereocenters. The number of allylic oxidation sites excluding steroid dienone is 2. The molecule has 200 valence electrons. The fourth-order valence-corrected chi connectivity index (χ4v) is 7.31. The molecule has 1 heteroatoms. The van der Waals surface area contributed by atoms with Gasteiger partial charge in [-0.2, -0.15) is 0 Å². The van der Waals surface area contributed by atoms with Gasteiger partial charge in [0.25, 0.3) is 0 Å². The number of benzene rings is 7. The Hall–Kier alpha value is -5.14. The predicted molar refractivity (Wildman–Crippen MR) is 184 cm³/mol. The van der Waals surface area contributed by atoms with E-state index < -0.39 is 0 Å². The third kappa shape index (κ3) is 3.31. The minimum absolute atomic E-state index is 0.843. The summed E-state index contributed by atoms with van der Waals surface area (Å²) >= 11 is 0. The van der Waals surface area contributed by atoms with Crippen LogP contribution in [0.5, 0.6) is 0 Å². The summed E-state index contributed by atoms with van der Waals surface area (Å²) in [5, 5.41) is 10.3. The number of rotatable bonds is 3. The van der Waals surface area contributed by atoms with Crippen molar-refractivity contribution >= 4 is 54.9 Å². The maximum atomic E-state index is 6.63. The Morgan fingerprint density at radius 1 is 0.571 bits per heavy atom. The second kappa shape index (κ2) is 8.93. The highest BCUT2D eigenvalue weighted by atomic mass is 14.6. The van der Waals surface area contributed by atoms with E-state index in [1.807, 2.05) is 18.2 Å². The van der Waals surface area contributed by atoms with Gasteiger partial charge in [0, 0.05) is 11.3 Å². The van der Waals surface area contributed by atoms with Crippen molar-refractivity contribution in [2.24, 2.45) is 0 Å². The molecule has 2 N–H and O–H groups in total. The lowest BCUT2D eigenvalue weighted by molar-refractivity contribution is 1.49. The SMILES string of the molecule is C=C/C=C\c1cc(-c2cc3c4ccc(C)c5c4c(cc3c3ccc(C)cc23)-c2cccc(N)c2-5)c2ccccc2c1C. The molecule has 8 rings (SSSR count). The Balaban J connectivity index is 1.58. The lowest BCUT2D eigenvalue weighted by Gasteiger charge is -2.18. The summed E-state index contributed by atoms with van der Waals surface area (Å²) in [5.74, 6) is 0. The van der Waals surface area contributed by atoms with Crippen LogP contribution in [0.3, 0.4) is 0 Å². The summed E-state index contributed by atoms with van der Waals surface area (Å²) in [6.45, 7) is 10.5. The summed E-state index contributed by atoms with van der Waals surface area (Å²) in [6.07, 6.45) is 6.05. The molecule has 0 aromatic heterocycles. The Kier molecular flexibility index (Phi) is 5.24. The van der Waals surface area contributed by atoms with Crippen LogP contribution in [0.2, 0.25) is 0 Å². The van der Waals surface area contributed by atoms with Crippen molar-refractivity contribution in [2.45, 2.75) is 20.8 Å². The van der Waals surface area contributed by atoms with E-state index in [1.165, 1.54) is 98.7 Å². The molecule has 0 saturated carbocycles. The van der Waals surface area contributed by atoms with Gasteiger partial charge in [0.05, 0.1) is 0 Å². The zero-order chi connectivity index (χ0) is 28.7. The molecular formula is C41H31N. The van der Waals surface area contributed by atoms with Crippen LogP contribution in [0.15, 0.2) is 110 Å². The number of nitrogens with two attached hydrogens (primary N) is 1. The van der Waals surface area contributed by atoms with E-state index in [-0.39, 0.29) is 0 Å². The molecule has 0 bridgehead atoms. The van der Waals surface area contributed by atoms with Gasteiger partial charge < -0.3 is 5.73 Å². The lowest BCUT2D eigenvalue weighted by atomic mass is 9.85. The van der Waals surface area contributed by atoms with Crippen molar-refractivity contribution in [1.29, 1.82) is 0 Å². The van der Waals surface area contributed by atoms with Crippen LogP contribution in [0, 0.1) is 20.8 Å². The molecule has 0 fully saturated rings. The molecule has 7 aromatic carbocycles. The Bertz CT molecular complexity index is 2350. The molecule has 42 heavy (non-hydrogen) atoms. The first-order chi connectivity index (χ1) is 20.5. The van der Waals surface area contributed by atoms with Gasteiger partial charge >= 0.3 is 0 Å². The summed E-state index contributed by atoms with van der Waals surface area (Å²) < 4.78 is 0. The maximum Gasteiger partial charge on any atom is 0.0400 e. The van der Waals surface area contributed by atoms with Crippen molar-refractivity contribution in [3.05, 3.63) is 132 Å². The summed E-state index contributed by atoms with van der Waals surface area (Å²) in [4.78, 5) is 0. The zero-order valence-corrected chi connectivity index (χ0v) is 24.2. The molecule has 1 nitrogen and oxygen atoms in total. The van der Waals surface area contributed by atoms with Crippen molar-refractivity contribution in [2.75, 3.05) is 5.73 Å². The molecule has 0 unspecified atom stereocenters. The van der Waals surface area contributed by atoms with E-state index in [0.717, 1.165) is 5.69 Å². The van der Waals surface area contributed by atoms with Crippen molar-refractivity contribution < 1.29 is 0 Å². The number of nitrogen functional groups attached to an aromatic ring is 1. The highest BCUT2D eigenvalue weighted by molar-refractivity contribution is 6.30. The normalized spacial score (nSPS) is 12.3. The Morgan fingerprint density at radius 3 is 2.14 bits per heavy atom. The maximum absolute atomic E-state index is 6.63. The standard InChI is InChI=1S/C41H31N/c1-5-6-10-26-20-33(28-12-8-7-11-27(28)25(26)4)36-21-35-31-18-16-24(3)39-40(31)37(30-13-9-14-38(42)41(30)39)22-34(35)29-17-15-23(2)19-32(29)36/h5-22H,1,42H2,2-4H3/b10-6-.